The number of nitrogens with one attached hydrogen (secondary N) is 1. The molecule has 0 radical (unpaired) electrons. The highest BCUT2D eigenvalue weighted by molar-refractivity contribution is 6.01. The van der Waals surface area contributed by atoms with Gasteiger partial charge in [0.25, 0.3) is 5.91 Å². The van der Waals surface area contributed by atoms with Gasteiger partial charge in [-0.2, -0.15) is 0 Å². The van der Waals surface area contributed by atoms with Crippen LogP contribution in [0.25, 0.3) is 0 Å². The van der Waals surface area contributed by atoms with Crippen molar-refractivity contribution in [3.05, 3.63) is 53.9 Å². The lowest BCUT2D eigenvalue weighted by atomic mass is 10.0. The van der Waals surface area contributed by atoms with Gasteiger partial charge in [0.15, 0.2) is 0 Å². The second-order valence-electron chi connectivity index (χ2n) is 6.29. The molecule has 1 aromatic heterocycles. The number of hydrogen-bond donors (Lipinski definition) is 1. The van der Waals surface area contributed by atoms with Crippen molar-refractivity contribution in [1.82, 2.24) is 9.47 Å². The van der Waals surface area contributed by atoms with E-state index in [-0.39, 0.29) is 12.1 Å². The molecule has 1 atom stereocenters. The molecular formula is C18H21N3O. The van der Waals surface area contributed by atoms with Gasteiger partial charge in [-0.05, 0) is 37.1 Å². The largest absolute Gasteiger partial charge is 0.360 e. The second kappa shape index (κ2) is 5.20. The summed E-state index contributed by atoms with van der Waals surface area (Å²) in [5.41, 5.74) is 2.86. The molecule has 114 valence electrons. The lowest BCUT2D eigenvalue weighted by Crippen LogP contribution is -2.48. The van der Waals surface area contributed by atoms with E-state index in [0.29, 0.717) is 6.04 Å². The smallest absolute Gasteiger partial charge is 0.258 e. The van der Waals surface area contributed by atoms with E-state index < -0.39 is 0 Å². The van der Waals surface area contributed by atoms with Gasteiger partial charge >= 0.3 is 0 Å². The van der Waals surface area contributed by atoms with E-state index in [9.17, 15) is 4.79 Å². The number of nitrogens with zero attached hydrogens (tertiary/aromatic N) is 2. The molecule has 1 aromatic carbocycles. The van der Waals surface area contributed by atoms with Crippen molar-refractivity contribution in [1.29, 1.82) is 0 Å². The van der Waals surface area contributed by atoms with Gasteiger partial charge in [-0.15, -0.1) is 0 Å². The standard InChI is InChI=1S/C18H21N3O/c1-20-12-6-11-16(20)17-19-15-10-5-4-9-14(15)18(22)21(17)13-7-2-3-8-13/h4-6,9-13,17,19H,2-3,7-8H2,1H3. The molecule has 2 heterocycles. The number of anilines is 1. The third kappa shape index (κ3) is 2.02. The minimum Gasteiger partial charge on any atom is -0.360 e. The maximum Gasteiger partial charge on any atom is 0.258 e. The fourth-order valence-corrected chi connectivity index (χ4v) is 3.80. The predicted molar refractivity (Wildman–Crippen MR) is 86.6 cm³/mol. The zero-order valence-corrected chi connectivity index (χ0v) is 12.8. The number of aromatic nitrogens is 1. The van der Waals surface area contributed by atoms with E-state index in [2.05, 4.69) is 20.9 Å². The first-order valence-electron chi connectivity index (χ1n) is 8.05. The zero-order chi connectivity index (χ0) is 15.1. The maximum atomic E-state index is 13.1. The molecule has 2 aliphatic rings. The van der Waals surface area contributed by atoms with Gasteiger partial charge in [0, 0.05) is 25.0 Å². The first-order chi connectivity index (χ1) is 10.8. The van der Waals surface area contributed by atoms with Crippen LogP contribution in [0.5, 0.6) is 0 Å². The Morgan fingerprint density at radius 2 is 1.86 bits per heavy atom. The summed E-state index contributed by atoms with van der Waals surface area (Å²) in [7, 11) is 2.04. The highest BCUT2D eigenvalue weighted by atomic mass is 16.2. The molecule has 1 N–H and O–H groups in total. The van der Waals surface area contributed by atoms with Gasteiger partial charge in [0.2, 0.25) is 0 Å². The molecule has 1 saturated carbocycles. The van der Waals surface area contributed by atoms with Crippen LogP contribution in [0.1, 0.15) is 47.9 Å². The summed E-state index contributed by atoms with van der Waals surface area (Å²) in [6.07, 6.45) is 6.61. The van der Waals surface area contributed by atoms with Crippen molar-refractivity contribution < 1.29 is 4.79 Å². The molecule has 2 aromatic rings. The third-order valence-corrected chi connectivity index (χ3v) is 4.94. The fourth-order valence-electron chi connectivity index (χ4n) is 3.80. The van der Waals surface area contributed by atoms with Crippen LogP contribution < -0.4 is 5.32 Å². The van der Waals surface area contributed by atoms with E-state index in [1.165, 1.54) is 12.8 Å². The van der Waals surface area contributed by atoms with Crippen LogP contribution >= 0.6 is 0 Å². The van der Waals surface area contributed by atoms with Crippen molar-refractivity contribution in [3.63, 3.8) is 0 Å². The highest BCUT2D eigenvalue weighted by Crippen LogP contribution is 2.38. The molecule has 22 heavy (non-hydrogen) atoms. The van der Waals surface area contributed by atoms with Crippen molar-refractivity contribution in [2.45, 2.75) is 37.9 Å². The molecule has 4 nitrogen and oxygen atoms in total. The number of benzene rings is 1. The van der Waals surface area contributed by atoms with E-state index in [4.69, 9.17) is 0 Å². The number of amides is 1. The third-order valence-electron chi connectivity index (χ3n) is 4.94. The van der Waals surface area contributed by atoms with E-state index in [0.717, 1.165) is 29.8 Å². The summed E-state index contributed by atoms with van der Waals surface area (Å²) in [6, 6.07) is 12.3. The number of fused-ring (bicyclic) bond motifs is 1. The Hall–Kier alpha value is -2.23. The average Bonchev–Trinajstić information content (AvgIpc) is 3.18. The Morgan fingerprint density at radius 3 is 2.59 bits per heavy atom. The number of carbonyl (C=O) groups excluding carboxylic acids is 1. The first kappa shape index (κ1) is 13.4. The molecule has 4 heteroatoms. The summed E-state index contributed by atoms with van der Waals surface area (Å²) in [4.78, 5) is 15.2. The van der Waals surface area contributed by atoms with Gasteiger partial charge in [-0.25, -0.2) is 0 Å². The van der Waals surface area contributed by atoms with Crippen molar-refractivity contribution in [2.24, 2.45) is 7.05 Å². The molecule has 1 fully saturated rings. The van der Waals surface area contributed by atoms with Crippen LogP contribution in [0.4, 0.5) is 5.69 Å². The Morgan fingerprint density at radius 1 is 1.09 bits per heavy atom. The van der Waals surface area contributed by atoms with Gasteiger partial charge in [0.1, 0.15) is 6.17 Å². The topological polar surface area (TPSA) is 37.3 Å². The summed E-state index contributed by atoms with van der Waals surface area (Å²) in [5, 5.41) is 3.58. The van der Waals surface area contributed by atoms with Crippen molar-refractivity contribution in [2.75, 3.05) is 5.32 Å². The number of rotatable bonds is 2. The van der Waals surface area contributed by atoms with Gasteiger partial charge < -0.3 is 14.8 Å². The predicted octanol–water partition coefficient (Wildman–Crippen LogP) is 3.53. The lowest BCUT2D eigenvalue weighted by molar-refractivity contribution is 0.0577. The molecule has 1 amide bonds. The van der Waals surface area contributed by atoms with Gasteiger partial charge in [-0.1, -0.05) is 25.0 Å². The van der Waals surface area contributed by atoms with E-state index in [1.807, 2.05) is 43.6 Å². The van der Waals surface area contributed by atoms with Crippen LogP contribution in [0.3, 0.4) is 0 Å². The minimum absolute atomic E-state index is 0.0782. The Balaban J connectivity index is 1.80. The summed E-state index contributed by atoms with van der Waals surface area (Å²) in [6.45, 7) is 0. The average molecular weight is 295 g/mol. The van der Waals surface area contributed by atoms with Crippen LogP contribution in [0.2, 0.25) is 0 Å². The lowest BCUT2D eigenvalue weighted by Gasteiger charge is -2.41. The zero-order valence-electron chi connectivity index (χ0n) is 12.8. The van der Waals surface area contributed by atoms with Crippen LogP contribution in [-0.2, 0) is 7.05 Å². The molecular weight excluding hydrogens is 274 g/mol. The molecule has 4 rings (SSSR count). The van der Waals surface area contributed by atoms with Crippen molar-refractivity contribution in [3.8, 4) is 0 Å². The maximum absolute atomic E-state index is 13.1. The number of hydrogen-bond acceptors (Lipinski definition) is 2. The molecule has 0 spiro atoms. The molecule has 0 saturated heterocycles. The van der Waals surface area contributed by atoms with E-state index >= 15 is 0 Å². The number of para-hydroxylation sites is 1. The SMILES string of the molecule is Cn1cccc1C1Nc2ccccc2C(=O)N1C1CCCC1. The molecule has 0 bridgehead atoms. The normalized spacial score (nSPS) is 21.8. The number of carbonyl (C=O) groups is 1. The van der Waals surface area contributed by atoms with Crippen LogP contribution in [0.15, 0.2) is 42.6 Å². The highest BCUT2D eigenvalue weighted by Gasteiger charge is 2.39. The summed E-state index contributed by atoms with van der Waals surface area (Å²) < 4.78 is 2.10. The quantitative estimate of drug-likeness (QED) is 0.920. The number of aryl methyl sites for hydroxylation is 1. The Labute approximate surface area is 130 Å². The Bertz CT molecular complexity index is 700. The van der Waals surface area contributed by atoms with Crippen LogP contribution in [0, 0.1) is 0 Å². The molecule has 1 aliphatic carbocycles. The summed E-state index contributed by atoms with van der Waals surface area (Å²) in [5.74, 6) is 0.160. The summed E-state index contributed by atoms with van der Waals surface area (Å²) >= 11 is 0. The van der Waals surface area contributed by atoms with E-state index in [1.54, 1.807) is 0 Å². The van der Waals surface area contributed by atoms with Crippen LogP contribution in [-0.4, -0.2) is 21.4 Å². The van der Waals surface area contributed by atoms with Gasteiger partial charge in [-0.3, -0.25) is 4.79 Å². The van der Waals surface area contributed by atoms with Gasteiger partial charge in [0.05, 0.1) is 11.3 Å². The fraction of sp³-hybridized carbons (Fsp3) is 0.389. The molecule has 1 unspecified atom stereocenters. The molecule has 1 aliphatic heterocycles. The second-order valence-corrected chi connectivity index (χ2v) is 6.29. The minimum atomic E-state index is -0.0782. The Kier molecular flexibility index (Phi) is 3.17. The first-order valence-corrected chi connectivity index (χ1v) is 8.05. The monoisotopic (exact) mass is 295 g/mol. The van der Waals surface area contributed by atoms with Crippen molar-refractivity contribution >= 4 is 11.6 Å².